The minimum atomic E-state index is -0.327. The highest BCUT2D eigenvalue weighted by Gasteiger charge is 2.27. The lowest BCUT2D eigenvalue weighted by Gasteiger charge is -2.24. The lowest BCUT2D eigenvalue weighted by atomic mass is 9.85. The Morgan fingerprint density at radius 3 is 2.69 bits per heavy atom. The summed E-state index contributed by atoms with van der Waals surface area (Å²) < 4.78 is 20.2. The van der Waals surface area contributed by atoms with Crippen LogP contribution in [0.1, 0.15) is 46.9 Å². The fraction of sp³-hybridized carbons (Fsp3) is 0.308. The zero-order chi connectivity index (χ0) is 25.2. The van der Waals surface area contributed by atoms with Crippen LogP contribution in [-0.4, -0.2) is 45.3 Å². The number of imidazole rings is 1. The molecule has 0 bridgehead atoms. The number of nitrogens with one attached hydrogen (secondary N) is 3. The molecule has 1 aliphatic carbocycles. The summed E-state index contributed by atoms with van der Waals surface area (Å²) in [7, 11) is 3.37. The summed E-state index contributed by atoms with van der Waals surface area (Å²) in [5.41, 5.74) is 4.47. The number of aromatic amines is 1. The van der Waals surface area contributed by atoms with Crippen LogP contribution in [0.15, 0.2) is 42.6 Å². The molecule has 0 saturated heterocycles. The maximum atomic E-state index is 13.5. The number of H-pyrrole nitrogens is 1. The van der Waals surface area contributed by atoms with Gasteiger partial charge in [0.1, 0.15) is 18.2 Å². The van der Waals surface area contributed by atoms with E-state index in [2.05, 4.69) is 20.8 Å². The van der Waals surface area contributed by atoms with E-state index in [0.717, 1.165) is 29.8 Å². The third-order valence-corrected chi connectivity index (χ3v) is 6.57. The van der Waals surface area contributed by atoms with Crippen LogP contribution in [0.4, 0.5) is 10.1 Å². The number of methoxy groups -OCH3 is 1. The van der Waals surface area contributed by atoms with Crippen molar-refractivity contribution in [3.8, 4) is 11.3 Å². The summed E-state index contributed by atoms with van der Waals surface area (Å²) in [6.07, 6.45) is 4.95. The Labute approximate surface area is 207 Å². The second-order valence-electron chi connectivity index (χ2n) is 8.99. The summed E-state index contributed by atoms with van der Waals surface area (Å²) >= 11 is 0. The van der Waals surface area contributed by atoms with Gasteiger partial charge in [-0.2, -0.15) is 5.10 Å². The van der Waals surface area contributed by atoms with Gasteiger partial charge in [-0.3, -0.25) is 14.7 Å². The largest absolute Gasteiger partial charge is 0.375 e. The number of rotatable bonds is 8. The van der Waals surface area contributed by atoms with Crippen molar-refractivity contribution in [3.05, 3.63) is 65.4 Å². The highest BCUT2D eigenvalue weighted by molar-refractivity contribution is 6.07. The van der Waals surface area contributed by atoms with E-state index in [1.807, 2.05) is 11.6 Å². The molecule has 0 radical (unpaired) electrons. The highest BCUT2D eigenvalue weighted by atomic mass is 19.1. The van der Waals surface area contributed by atoms with Crippen molar-refractivity contribution < 1.29 is 18.7 Å². The van der Waals surface area contributed by atoms with Crippen LogP contribution in [0.25, 0.3) is 22.3 Å². The number of nitrogens with zero attached hydrogens (tertiary/aromatic N) is 3. The molecule has 3 N–H and O–H groups in total. The van der Waals surface area contributed by atoms with Gasteiger partial charge in [-0.15, -0.1) is 0 Å². The number of fused-ring (bicyclic) bond motifs is 1. The fourth-order valence-electron chi connectivity index (χ4n) is 4.56. The van der Waals surface area contributed by atoms with Crippen molar-refractivity contribution in [2.75, 3.05) is 19.0 Å². The number of hydrogen-bond acceptors (Lipinski definition) is 5. The standard InChI is InChI=1S/C26H27FN6O3/c1-33-24-20(26(35)28-12-17-13-29-32-23(17)15-6-8-18(27)9-7-15)10-19(30-22(34)14-36-2)11-21(24)31-25(33)16-4-3-5-16/h6-11,13,16H,3-5,12,14H2,1-2H3,(H,28,35)(H,29,32)(H,30,34). The summed E-state index contributed by atoms with van der Waals surface area (Å²) in [6, 6.07) is 9.50. The van der Waals surface area contributed by atoms with Crippen molar-refractivity contribution in [1.29, 1.82) is 0 Å². The second-order valence-corrected chi connectivity index (χ2v) is 8.99. The van der Waals surface area contributed by atoms with Crippen molar-refractivity contribution >= 4 is 28.5 Å². The molecular formula is C26H27FN6O3. The third kappa shape index (κ3) is 4.59. The molecule has 2 heterocycles. The highest BCUT2D eigenvalue weighted by Crippen LogP contribution is 2.38. The van der Waals surface area contributed by atoms with Crippen LogP contribution < -0.4 is 10.6 Å². The number of anilines is 1. The maximum Gasteiger partial charge on any atom is 0.253 e. The molecule has 2 aromatic heterocycles. The molecule has 186 valence electrons. The first-order chi connectivity index (χ1) is 17.4. The molecule has 10 heteroatoms. The van der Waals surface area contributed by atoms with Crippen molar-refractivity contribution in [2.45, 2.75) is 31.7 Å². The number of hydrogen-bond donors (Lipinski definition) is 3. The van der Waals surface area contributed by atoms with Crippen LogP contribution in [0.3, 0.4) is 0 Å². The van der Waals surface area contributed by atoms with Gasteiger partial charge >= 0.3 is 0 Å². The second kappa shape index (κ2) is 9.90. The van der Waals surface area contributed by atoms with Crippen molar-refractivity contribution in [2.24, 2.45) is 7.05 Å². The minimum absolute atomic E-state index is 0.0955. The number of carbonyl (C=O) groups is 2. The first kappa shape index (κ1) is 23.7. The van der Waals surface area contributed by atoms with Gasteiger partial charge in [0.05, 0.1) is 28.5 Å². The number of ether oxygens (including phenoxy) is 1. The van der Waals surface area contributed by atoms with Crippen LogP contribution in [0.5, 0.6) is 0 Å². The monoisotopic (exact) mass is 490 g/mol. The Kier molecular flexibility index (Phi) is 6.51. The van der Waals surface area contributed by atoms with Crippen molar-refractivity contribution in [1.82, 2.24) is 25.1 Å². The number of benzene rings is 2. The van der Waals surface area contributed by atoms with E-state index in [4.69, 9.17) is 9.72 Å². The van der Waals surface area contributed by atoms with Crippen LogP contribution in [-0.2, 0) is 23.1 Å². The maximum absolute atomic E-state index is 13.5. The molecule has 2 amide bonds. The fourth-order valence-corrected chi connectivity index (χ4v) is 4.56. The Morgan fingerprint density at radius 2 is 2.00 bits per heavy atom. The number of halogens is 1. The summed E-state index contributed by atoms with van der Waals surface area (Å²) in [6.45, 7) is 0.110. The third-order valence-electron chi connectivity index (χ3n) is 6.57. The summed E-state index contributed by atoms with van der Waals surface area (Å²) in [5, 5.41) is 12.8. The van der Waals surface area contributed by atoms with Gasteiger partial charge in [0.25, 0.3) is 5.91 Å². The normalized spacial score (nSPS) is 13.5. The molecule has 4 aromatic rings. The number of amides is 2. The Bertz CT molecular complexity index is 1420. The molecule has 2 aromatic carbocycles. The molecule has 0 aliphatic heterocycles. The molecule has 0 atom stereocenters. The van der Waals surface area contributed by atoms with E-state index in [0.29, 0.717) is 33.9 Å². The van der Waals surface area contributed by atoms with Gasteiger partial charge in [-0.1, -0.05) is 6.42 Å². The zero-order valence-corrected chi connectivity index (χ0v) is 20.1. The predicted octanol–water partition coefficient (Wildman–Crippen LogP) is 3.88. The van der Waals surface area contributed by atoms with Crippen LogP contribution >= 0.6 is 0 Å². The van der Waals surface area contributed by atoms with Gasteiger partial charge in [-0.05, 0) is 49.2 Å². The van der Waals surface area contributed by atoms with E-state index in [1.54, 1.807) is 30.5 Å². The molecule has 0 unspecified atom stereocenters. The quantitative estimate of drug-likeness (QED) is 0.347. The van der Waals surface area contributed by atoms with E-state index < -0.39 is 0 Å². The average Bonchev–Trinajstić information content (AvgIpc) is 3.41. The number of carbonyl (C=O) groups excluding carboxylic acids is 2. The van der Waals surface area contributed by atoms with Gasteiger partial charge in [0, 0.05) is 43.4 Å². The zero-order valence-electron chi connectivity index (χ0n) is 20.1. The topological polar surface area (TPSA) is 114 Å². The van der Waals surface area contributed by atoms with E-state index >= 15 is 0 Å². The van der Waals surface area contributed by atoms with Crippen LogP contribution in [0.2, 0.25) is 0 Å². The molecule has 0 spiro atoms. The first-order valence-electron chi connectivity index (χ1n) is 11.8. The van der Waals surface area contributed by atoms with E-state index in [-0.39, 0.29) is 30.8 Å². The van der Waals surface area contributed by atoms with Gasteiger partial charge < -0.3 is 19.9 Å². The lowest BCUT2D eigenvalue weighted by molar-refractivity contribution is -0.119. The van der Waals surface area contributed by atoms with Gasteiger partial charge in [-0.25, -0.2) is 9.37 Å². The summed E-state index contributed by atoms with van der Waals surface area (Å²) in [4.78, 5) is 30.4. The van der Waals surface area contributed by atoms with E-state index in [1.165, 1.54) is 25.7 Å². The Morgan fingerprint density at radius 1 is 1.22 bits per heavy atom. The Hall–Kier alpha value is -4.05. The average molecular weight is 491 g/mol. The SMILES string of the molecule is COCC(=O)Nc1cc(C(=O)NCc2cn[nH]c2-c2ccc(F)cc2)c2c(c1)nc(C1CCC1)n2C. The van der Waals surface area contributed by atoms with Gasteiger partial charge in [0.15, 0.2) is 0 Å². The summed E-state index contributed by atoms with van der Waals surface area (Å²) in [5.74, 6) is 0.359. The molecule has 1 aliphatic rings. The molecular weight excluding hydrogens is 463 g/mol. The molecule has 5 rings (SSSR count). The first-order valence-corrected chi connectivity index (χ1v) is 11.8. The molecule has 1 saturated carbocycles. The number of aromatic nitrogens is 4. The predicted molar refractivity (Wildman–Crippen MR) is 133 cm³/mol. The van der Waals surface area contributed by atoms with Crippen LogP contribution in [0, 0.1) is 5.82 Å². The minimum Gasteiger partial charge on any atom is -0.375 e. The van der Waals surface area contributed by atoms with Crippen molar-refractivity contribution in [3.63, 3.8) is 0 Å². The molecule has 9 nitrogen and oxygen atoms in total. The number of aryl methyl sites for hydroxylation is 1. The smallest absolute Gasteiger partial charge is 0.253 e. The lowest BCUT2D eigenvalue weighted by Crippen LogP contribution is -2.24. The van der Waals surface area contributed by atoms with E-state index in [9.17, 15) is 14.0 Å². The molecule has 1 fully saturated rings. The van der Waals surface area contributed by atoms with Gasteiger partial charge in [0.2, 0.25) is 5.91 Å². The Balaban J connectivity index is 1.45. The molecule has 36 heavy (non-hydrogen) atoms.